The molecule has 0 radical (unpaired) electrons. The van der Waals surface area contributed by atoms with E-state index in [4.69, 9.17) is 0 Å². The normalized spacial score (nSPS) is 21.6. The zero-order valence-electron chi connectivity index (χ0n) is 10.5. The SMILES string of the molecule is CC(C)[C@@H](C)N(CC1CC1)[C@@H](C)C(F)(F)F. The smallest absolute Gasteiger partial charge is 0.289 e. The Labute approximate surface area is 96.0 Å². The van der Waals surface area contributed by atoms with Crippen molar-refractivity contribution in [2.45, 2.75) is 58.8 Å². The molecule has 1 nitrogen and oxygen atoms in total. The van der Waals surface area contributed by atoms with Gasteiger partial charge in [-0.05, 0) is 38.5 Å². The van der Waals surface area contributed by atoms with E-state index in [1.165, 1.54) is 6.92 Å². The van der Waals surface area contributed by atoms with Crippen molar-refractivity contribution in [1.29, 1.82) is 0 Å². The van der Waals surface area contributed by atoms with E-state index in [1.807, 2.05) is 20.8 Å². The fourth-order valence-corrected chi connectivity index (χ4v) is 1.85. The second-order valence-electron chi connectivity index (χ2n) is 5.34. The number of alkyl halides is 3. The molecular weight excluding hydrogens is 215 g/mol. The Kier molecular flexibility index (Phi) is 4.27. The molecule has 4 heteroatoms. The predicted octanol–water partition coefficient (Wildman–Crippen LogP) is 3.69. The Morgan fingerprint density at radius 3 is 1.94 bits per heavy atom. The van der Waals surface area contributed by atoms with Gasteiger partial charge in [-0.1, -0.05) is 13.8 Å². The maximum absolute atomic E-state index is 12.8. The molecule has 0 aromatic carbocycles. The third-order valence-corrected chi connectivity index (χ3v) is 3.63. The Bertz CT molecular complexity index is 221. The molecular formula is C12H22F3N. The van der Waals surface area contributed by atoms with E-state index >= 15 is 0 Å². The lowest BCUT2D eigenvalue weighted by atomic mass is 10.0. The van der Waals surface area contributed by atoms with Gasteiger partial charge in [0, 0.05) is 12.6 Å². The summed E-state index contributed by atoms with van der Waals surface area (Å²) in [6, 6.07) is -1.34. The van der Waals surface area contributed by atoms with Gasteiger partial charge in [0.05, 0.1) is 0 Å². The summed E-state index contributed by atoms with van der Waals surface area (Å²) in [6.07, 6.45) is -1.93. The third kappa shape index (κ3) is 3.65. The first kappa shape index (κ1) is 13.8. The Balaban J connectivity index is 2.68. The summed E-state index contributed by atoms with van der Waals surface area (Å²) in [5, 5.41) is 0. The molecule has 0 heterocycles. The lowest BCUT2D eigenvalue weighted by molar-refractivity contribution is -0.186. The van der Waals surface area contributed by atoms with Gasteiger partial charge >= 0.3 is 6.18 Å². The van der Waals surface area contributed by atoms with Crippen LogP contribution in [0.15, 0.2) is 0 Å². The van der Waals surface area contributed by atoms with Crippen LogP contribution in [0.2, 0.25) is 0 Å². The van der Waals surface area contributed by atoms with Gasteiger partial charge in [-0.25, -0.2) is 0 Å². The van der Waals surface area contributed by atoms with Crippen LogP contribution in [0.5, 0.6) is 0 Å². The molecule has 1 rings (SSSR count). The van der Waals surface area contributed by atoms with Crippen LogP contribution in [0, 0.1) is 11.8 Å². The maximum atomic E-state index is 12.8. The molecule has 0 unspecified atom stereocenters. The van der Waals surface area contributed by atoms with Gasteiger partial charge in [-0.2, -0.15) is 13.2 Å². The van der Waals surface area contributed by atoms with Gasteiger partial charge in [0.15, 0.2) is 0 Å². The van der Waals surface area contributed by atoms with E-state index in [1.54, 1.807) is 4.90 Å². The van der Waals surface area contributed by atoms with E-state index < -0.39 is 12.2 Å². The average Bonchev–Trinajstić information content (AvgIpc) is 2.93. The van der Waals surface area contributed by atoms with Gasteiger partial charge in [0.2, 0.25) is 0 Å². The average molecular weight is 237 g/mol. The minimum atomic E-state index is -4.11. The summed E-state index contributed by atoms with van der Waals surface area (Å²) in [5.74, 6) is 0.745. The summed E-state index contributed by atoms with van der Waals surface area (Å²) in [7, 11) is 0. The lowest BCUT2D eigenvalue weighted by Gasteiger charge is -2.37. The summed E-state index contributed by atoms with van der Waals surface area (Å²) in [6.45, 7) is 7.73. The topological polar surface area (TPSA) is 3.24 Å². The van der Waals surface area contributed by atoms with Crippen molar-refractivity contribution in [2.24, 2.45) is 11.8 Å². The highest BCUT2D eigenvalue weighted by Gasteiger charge is 2.43. The maximum Gasteiger partial charge on any atom is 0.403 e. The van der Waals surface area contributed by atoms with Crippen molar-refractivity contribution in [3.63, 3.8) is 0 Å². The first-order valence-electron chi connectivity index (χ1n) is 6.06. The van der Waals surface area contributed by atoms with E-state index in [2.05, 4.69) is 0 Å². The van der Waals surface area contributed by atoms with Crippen LogP contribution in [-0.4, -0.2) is 29.7 Å². The van der Waals surface area contributed by atoms with Crippen molar-refractivity contribution >= 4 is 0 Å². The highest BCUT2D eigenvalue weighted by Crippen LogP contribution is 2.34. The number of halogens is 3. The second kappa shape index (κ2) is 4.94. The zero-order chi connectivity index (χ0) is 12.5. The molecule has 16 heavy (non-hydrogen) atoms. The third-order valence-electron chi connectivity index (χ3n) is 3.63. The molecule has 0 amide bonds. The van der Waals surface area contributed by atoms with Crippen molar-refractivity contribution in [3.05, 3.63) is 0 Å². The number of hydrogen-bond donors (Lipinski definition) is 0. The van der Waals surface area contributed by atoms with Crippen LogP contribution in [0.1, 0.15) is 40.5 Å². The van der Waals surface area contributed by atoms with Gasteiger partial charge in [-0.15, -0.1) is 0 Å². The van der Waals surface area contributed by atoms with Crippen molar-refractivity contribution in [1.82, 2.24) is 4.90 Å². The van der Waals surface area contributed by atoms with Crippen molar-refractivity contribution in [3.8, 4) is 0 Å². The molecule has 2 atom stereocenters. The number of hydrogen-bond acceptors (Lipinski definition) is 1. The molecule has 1 aliphatic rings. The summed E-state index contributed by atoms with van der Waals surface area (Å²) < 4.78 is 38.3. The number of nitrogens with zero attached hydrogens (tertiary/aromatic N) is 1. The molecule has 0 saturated heterocycles. The number of rotatable bonds is 5. The van der Waals surface area contributed by atoms with Gasteiger partial charge in [0.1, 0.15) is 6.04 Å². The molecule has 1 fully saturated rings. The fraction of sp³-hybridized carbons (Fsp3) is 1.00. The fourth-order valence-electron chi connectivity index (χ4n) is 1.85. The highest BCUT2D eigenvalue weighted by molar-refractivity contribution is 4.86. The van der Waals surface area contributed by atoms with Crippen molar-refractivity contribution < 1.29 is 13.2 Å². The van der Waals surface area contributed by atoms with E-state index in [0.29, 0.717) is 12.5 Å². The molecule has 0 aromatic heterocycles. The Hall–Kier alpha value is -0.250. The predicted molar refractivity (Wildman–Crippen MR) is 59.2 cm³/mol. The molecule has 1 aliphatic carbocycles. The van der Waals surface area contributed by atoms with Crippen LogP contribution in [0.4, 0.5) is 13.2 Å². The van der Waals surface area contributed by atoms with E-state index in [9.17, 15) is 13.2 Å². The van der Waals surface area contributed by atoms with Crippen LogP contribution in [-0.2, 0) is 0 Å². The van der Waals surface area contributed by atoms with Crippen molar-refractivity contribution in [2.75, 3.05) is 6.54 Å². The van der Waals surface area contributed by atoms with E-state index in [0.717, 1.165) is 12.8 Å². The first-order valence-corrected chi connectivity index (χ1v) is 6.06. The quantitative estimate of drug-likeness (QED) is 0.704. The lowest BCUT2D eigenvalue weighted by Crippen LogP contribution is -2.50. The molecule has 1 saturated carbocycles. The van der Waals surface area contributed by atoms with Gasteiger partial charge in [0.25, 0.3) is 0 Å². The standard InChI is InChI=1S/C12H22F3N/c1-8(2)9(3)16(7-11-5-6-11)10(4)12(13,14)15/h8-11H,5-7H2,1-4H3/t9-,10+/m1/s1. The molecule has 0 aliphatic heterocycles. The van der Waals surface area contributed by atoms with Crippen LogP contribution >= 0.6 is 0 Å². The minimum absolute atomic E-state index is 0.0165. The molecule has 0 aromatic rings. The van der Waals surface area contributed by atoms with E-state index in [-0.39, 0.29) is 12.0 Å². The largest absolute Gasteiger partial charge is 0.403 e. The van der Waals surface area contributed by atoms with Crippen LogP contribution in [0.25, 0.3) is 0 Å². The van der Waals surface area contributed by atoms with Gasteiger partial charge < -0.3 is 0 Å². The van der Waals surface area contributed by atoms with Crippen LogP contribution in [0.3, 0.4) is 0 Å². The summed E-state index contributed by atoms with van der Waals surface area (Å²) >= 11 is 0. The molecule has 0 spiro atoms. The monoisotopic (exact) mass is 237 g/mol. The molecule has 0 N–H and O–H groups in total. The summed E-state index contributed by atoms with van der Waals surface area (Å²) in [5.41, 5.74) is 0. The van der Waals surface area contributed by atoms with Gasteiger partial charge in [-0.3, -0.25) is 4.90 Å². The second-order valence-corrected chi connectivity index (χ2v) is 5.34. The minimum Gasteiger partial charge on any atom is -0.289 e. The first-order chi connectivity index (χ1) is 7.23. The Morgan fingerprint density at radius 2 is 1.62 bits per heavy atom. The highest BCUT2D eigenvalue weighted by atomic mass is 19.4. The molecule has 96 valence electrons. The Morgan fingerprint density at radius 1 is 1.12 bits per heavy atom. The molecule has 0 bridgehead atoms. The summed E-state index contributed by atoms with van der Waals surface area (Å²) in [4.78, 5) is 1.63. The van der Waals surface area contributed by atoms with Crippen LogP contribution < -0.4 is 0 Å². The zero-order valence-corrected chi connectivity index (χ0v) is 10.5.